The number of fused-ring (bicyclic) bond motifs is 1. The molecule has 4 rings (SSSR count). The van der Waals surface area contributed by atoms with Crippen molar-refractivity contribution < 1.29 is 0 Å². The van der Waals surface area contributed by atoms with Crippen LogP contribution in [0, 0.1) is 13.8 Å². The van der Waals surface area contributed by atoms with E-state index >= 15 is 0 Å². The van der Waals surface area contributed by atoms with E-state index in [0.29, 0.717) is 6.54 Å². The van der Waals surface area contributed by atoms with Gasteiger partial charge in [-0.05, 0) is 37.6 Å². The summed E-state index contributed by atoms with van der Waals surface area (Å²) < 4.78 is 1.90. The van der Waals surface area contributed by atoms with Gasteiger partial charge in [0.15, 0.2) is 0 Å². The Balaban J connectivity index is 1.81. The zero-order valence-electron chi connectivity index (χ0n) is 14.3. The monoisotopic (exact) mass is 329 g/mol. The minimum atomic E-state index is 0.600. The number of hydrogen-bond donors (Lipinski definition) is 1. The molecule has 5 heteroatoms. The zero-order valence-corrected chi connectivity index (χ0v) is 14.3. The Bertz CT molecular complexity index is 1010. The number of hydrogen-bond acceptors (Lipinski definition) is 4. The molecular formula is C20H19N5. The first kappa shape index (κ1) is 15.3. The number of nitrogens with one attached hydrogen (secondary N) is 1. The lowest BCUT2D eigenvalue weighted by molar-refractivity contribution is 0.875. The van der Waals surface area contributed by atoms with E-state index in [1.807, 2.05) is 47.8 Å². The van der Waals surface area contributed by atoms with E-state index in [-0.39, 0.29) is 0 Å². The largest absolute Gasteiger partial charge is 0.348 e. The summed E-state index contributed by atoms with van der Waals surface area (Å²) in [5.41, 5.74) is 6.13. The van der Waals surface area contributed by atoms with Gasteiger partial charge in [0, 0.05) is 11.8 Å². The second-order valence-corrected chi connectivity index (χ2v) is 6.05. The van der Waals surface area contributed by atoms with Gasteiger partial charge in [0.25, 0.3) is 0 Å². The minimum absolute atomic E-state index is 0.600. The molecule has 4 aromatic rings. The van der Waals surface area contributed by atoms with Crippen LogP contribution < -0.4 is 5.32 Å². The van der Waals surface area contributed by atoms with Gasteiger partial charge in [0.05, 0.1) is 23.4 Å². The predicted octanol–water partition coefficient (Wildman–Crippen LogP) is 4.02. The summed E-state index contributed by atoms with van der Waals surface area (Å²) in [6.45, 7) is 4.70. The SMILES string of the molecule is Cc1cc(C)c2c(-c3ccccc3)nc(NCc3ccccn3)n2n1. The molecule has 1 N–H and O–H groups in total. The van der Waals surface area contributed by atoms with Crippen LogP contribution in [0.3, 0.4) is 0 Å². The highest BCUT2D eigenvalue weighted by Crippen LogP contribution is 2.29. The summed E-state index contributed by atoms with van der Waals surface area (Å²) >= 11 is 0. The Morgan fingerprint density at radius 3 is 2.56 bits per heavy atom. The van der Waals surface area contributed by atoms with E-state index in [1.165, 1.54) is 0 Å². The van der Waals surface area contributed by atoms with Crippen LogP contribution in [-0.4, -0.2) is 19.6 Å². The standard InChI is InChI=1S/C20H19N5/c1-14-12-15(2)24-25-19(14)18(16-8-4-3-5-9-16)23-20(25)22-13-17-10-6-7-11-21-17/h3-12H,13H2,1-2H3,(H,22,23). The zero-order chi connectivity index (χ0) is 17.2. The molecule has 3 heterocycles. The summed E-state index contributed by atoms with van der Waals surface area (Å²) in [7, 11) is 0. The number of imidazole rings is 1. The van der Waals surface area contributed by atoms with Gasteiger partial charge in [-0.3, -0.25) is 4.98 Å². The van der Waals surface area contributed by atoms with Crippen LogP contribution >= 0.6 is 0 Å². The first-order valence-electron chi connectivity index (χ1n) is 8.28. The fraction of sp³-hybridized carbons (Fsp3) is 0.150. The molecule has 0 unspecified atom stereocenters. The lowest BCUT2D eigenvalue weighted by Gasteiger charge is -2.06. The van der Waals surface area contributed by atoms with Crippen LogP contribution in [0.15, 0.2) is 60.8 Å². The smallest absolute Gasteiger partial charge is 0.225 e. The number of benzene rings is 1. The van der Waals surface area contributed by atoms with Crippen molar-refractivity contribution in [3.8, 4) is 11.3 Å². The van der Waals surface area contributed by atoms with E-state index in [0.717, 1.165) is 39.7 Å². The average molecular weight is 329 g/mol. The van der Waals surface area contributed by atoms with Gasteiger partial charge in [0.1, 0.15) is 5.69 Å². The molecule has 0 atom stereocenters. The average Bonchev–Trinajstić information content (AvgIpc) is 3.00. The second-order valence-electron chi connectivity index (χ2n) is 6.05. The maximum Gasteiger partial charge on any atom is 0.225 e. The quantitative estimate of drug-likeness (QED) is 0.614. The van der Waals surface area contributed by atoms with Gasteiger partial charge in [0.2, 0.25) is 5.95 Å². The lowest BCUT2D eigenvalue weighted by Crippen LogP contribution is -2.07. The molecule has 0 radical (unpaired) electrons. The van der Waals surface area contributed by atoms with Crippen molar-refractivity contribution in [1.29, 1.82) is 0 Å². The molecule has 0 fully saturated rings. The third kappa shape index (κ3) is 2.96. The normalized spacial score (nSPS) is 11.0. The predicted molar refractivity (Wildman–Crippen MR) is 99.5 cm³/mol. The highest BCUT2D eigenvalue weighted by atomic mass is 15.3. The Hall–Kier alpha value is -3.21. The minimum Gasteiger partial charge on any atom is -0.348 e. The van der Waals surface area contributed by atoms with Gasteiger partial charge < -0.3 is 5.32 Å². The molecule has 0 aliphatic heterocycles. The van der Waals surface area contributed by atoms with Gasteiger partial charge in [-0.15, -0.1) is 0 Å². The van der Waals surface area contributed by atoms with Gasteiger partial charge >= 0.3 is 0 Å². The highest BCUT2D eigenvalue weighted by molar-refractivity contribution is 5.81. The molecule has 1 aromatic carbocycles. The first-order valence-corrected chi connectivity index (χ1v) is 8.28. The van der Waals surface area contributed by atoms with Crippen molar-refractivity contribution >= 4 is 11.5 Å². The third-order valence-corrected chi connectivity index (χ3v) is 4.11. The maximum absolute atomic E-state index is 4.84. The van der Waals surface area contributed by atoms with Gasteiger partial charge in [-0.1, -0.05) is 36.4 Å². The van der Waals surface area contributed by atoms with Gasteiger partial charge in [-0.2, -0.15) is 9.61 Å². The van der Waals surface area contributed by atoms with Crippen LogP contribution in [0.25, 0.3) is 16.8 Å². The van der Waals surface area contributed by atoms with Gasteiger partial charge in [-0.25, -0.2) is 4.98 Å². The molecule has 0 bridgehead atoms. The molecule has 0 saturated heterocycles. The van der Waals surface area contributed by atoms with E-state index in [4.69, 9.17) is 4.98 Å². The number of pyridine rings is 1. The van der Waals surface area contributed by atoms with Crippen molar-refractivity contribution in [2.45, 2.75) is 20.4 Å². The van der Waals surface area contributed by atoms with Crippen LogP contribution in [0.4, 0.5) is 5.95 Å². The summed E-state index contributed by atoms with van der Waals surface area (Å²) in [6.07, 6.45) is 1.79. The molecule has 3 aromatic heterocycles. The number of nitrogens with zero attached hydrogens (tertiary/aromatic N) is 4. The molecular weight excluding hydrogens is 310 g/mol. The Morgan fingerprint density at radius 2 is 1.80 bits per heavy atom. The molecule has 124 valence electrons. The van der Waals surface area contributed by atoms with E-state index in [1.54, 1.807) is 6.20 Å². The lowest BCUT2D eigenvalue weighted by atomic mass is 10.1. The molecule has 0 amide bonds. The Kier molecular flexibility index (Phi) is 3.90. The van der Waals surface area contributed by atoms with E-state index in [2.05, 4.69) is 40.5 Å². The molecule has 25 heavy (non-hydrogen) atoms. The maximum atomic E-state index is 4.84. The van der Waals surface area contributed by atoms with Crippen molar-refractivity contribution in [3.63, 3.8) is 0 Å². The van der Waals surface area contributed by atoms with Crippen molar-refractivity contribution in [2.75, 3.05) is 5.32 Å². The third-order valence-electron chi connectivity index (χ3n) is 4.11. The second kappa shape index (κ2) is 6.36. The van der Waals surface area contributed by atoms with Crippen LogP contribution in [0.1, 0.15) is 17.0 Å². The topological polar surface area (TPSA) is 55.1 Å². The highest BCUT2D eigenvalue weighted by Gasteiger charge is 2.16. The fourth-order valence-electron chi connectivity index (χ4n) is 3.02. The Labute approximate surface area is 146 Å². The molecule has 0 spiro atoms. The summed E-state index contributed by atoms with van der Waals surface area (Å²) in [6, 6.07) is 18.2. The van der Waals surface area contributed by atoms with Crippen molar-refractivity contribution in [3.05, 3.63) is 77.7 Å². The summed E-state index contributed by atoms with van der Waals surface area (Å²) in [5.74, 6) is 0.728. The van der Waals surface area contributed by atoms with Crippen molar-refractivity contribution in [1.82, 2.24) is 19.6 Å². The molecule has 5 nitrogen and oxygen atoms in total. The van der Waals surface area contributed by atoms with Crippen LogP contribution in [0.5, 0.6) is 0 Å². The first-order chi connectivity index (χ1) is 12.2. The van der Waals surface area contributed by atoms with Crippen molar-refractivity contribution in [2.24, 2.45) is 0 Å². The molecule has 0 saturated carbocycles. The van der Waals surface area contributed by atoms with E-state index < -0.39 is 0 Å². The van der Waals surface area contributed by atoms with Crippen LogP contribution in [0.2, 0.25) is 0 Å². The van der Waals surface area contributed by atoms with Crippen LogP contribution in [-0.2, 0) is 6.54 Å². The molecule has 0 aliphatic rings. The fourth-order valence-corrected chi connectivity index (χ4v) is 3.02. The Morgan fingerprint density at radius 1 is 1.00 bits per heavy atom. The number of aromatic nitrogens is 4. The number of rotatable bonds is 4. The summed E-state index contributed by atoms with van der Waals surface area (Å²) in [5, 5.41) is 8.04. The number of anilines is 1. The molecule has 0 aliphatic carbocycles. The number of aryl methyl sites for hydroxylation is 2. The van der Waals surface area contributed by atoms with E-state index in [9.17, 15) is 0 Å². The summed E-state index contributed by atoms with van der Waals surface area (Å²) in [4.78, 5) is 9.19.